The highest BCUT2D eigenvalue weighted by atomic mass is 16.5. The Labute approximate surface area is 139 Å². The molecule has 2 heterocycles. The first-order valence-corrected chi connectivity index (χ1v) is 7.85. The third kappa shape index (κ3) is 3.76. The lowest BCUT2D eigenvalue weighted by atomic mass is 10.1. The molecule has 0 saturated carbocycles. The Morgan fingerprint density at radius 2 is 1.96 bits per heavy atom. The van der Waals surface area contributed by atoms with Crippen LogP contribution in [0.15, 0.2) is 40.8 Å². The van der Waals surface area contributed by atoms with Gasteiger partial charge in [0.15, 0.2) is 5.76 Å². The van der Waals surface area contributed by atoms with Gasteiger partial charge in [0.25, 0.3) is 5.91 Å². The zero-order valence-electron chi connectivity index (χ0n) is 13.1. The van der Waals surface area contributed by atoms with Crippen LogP contribution in [0.3, 0.4) is 0 Å². The number of carbonyl (C=O) groups is 1. The normalized spacial score (nSPS) is 15.1. The van der Waals surface area contributed by atoms with Gasteiger partial charge >= 0.3 is 0 Å². The number of nitriles is 1. The number of furan rings is 1. The predicted octanol–water partition coefficient (Wildman–Crippen LogP) is 2.33. The standard InChI is InChI=1S/C18H18N2O4/c19-11-13-1-3-15(4-2-13)23-12-16-5-6-17(24-16)18(22)20-9-7-14(21)8-10-20/h1-6,14,21H,7-10,12H2. The molecule has 0 atom stereocenters. The predicted molar refractivity (Wildman–Crippen MR) is 85.3 cm³/mol. The lowest BCUT2D eigenvalue weighted by Gasteiger charge is -2.28. The molecule has 0 spiro atoms. The Bertz CT molecular complexity index is 737. The zero-order valence-corrected chi connectivity index (χ0v) is 13.1. The monoisotopic (exact) mass is 326 g/mol. The van der Waals surface area contributed by atoms with Crippen LogP contribution in [0.5, 0.6) is 5.75 Å². The van der Waals surface area contributed by atoms with E-state index in [2.05, 4.69) is 0 Å². The van der Waals surface area contributed by atoms with Crippen molar-refractivity contribution in [2.24, 2.45) is 0 Å². The van der Waals surface area contributed by atoms with Gasteiger partial charge in [0, 0.05) is 13.1 Å². The fourth-order valence-corrected chi connectivity index (χ4v) is 2.58. The molecule has 1 aromatic heterocycles. The molecule has 0 unspecified atom stereocenters. The molecule has 1 aromatic carbocycles. The summed E-state index contributed by atoms with van der Waals surface area (Å²) in [5.74, 6) is 1.30. The Kier molecular flexibility index (Phi) is 4.82. The summed E-state index contributed by atoms with van der Waals surface area (Å²) >= 11 is 0. The minimum atomic E-state index is -0.318. The number of benzene rings is 1. The maximum absolute atomic E-state index is 12.3. The molecular formula is C18H18N2O4. The van der Waals surface area contributed by atoms with E-state index >= 15 is 0 Å². The van der Waals surface area contributed by atoms with E-state index in [1.54, 1.807) is 41.3 Å². The summed E-state index contributed by atoms with van der Waals surface area (Å²) in [5.41, 5.74) is 0.569. The minimum absolute atomic E-state index is 0.161. The van der Waals surface area contributed by atoms with Crippen LogP contribution in [0.25, 0.3) is 0 Å². The van der Waals surface area contributed by atoms with Crippen molar-refractivity contribution >= 4 is 5.91 Å². The summed E-state index contributed by atoms with van der Waals surface area (Å²) in [6.07, 6.45) is 0.879. The van der Waals surface area contributed by atoms with Crippen LogP contribution < -0.4 is 4.74 Å². The molecule has 1 fully saturated rings. The molecule has 1 aliphatic rings. The number of hydrogen-bond acceptors (Lipinski definition) is 5. The highest BCUT2D eigenvalue weighted by Gasteiger charge is 2.24. The van der Waals surface area contributed by atoms with Gasteiger partial charge in [-0.15, -0.1) is 0 Å². The third-order valence-corrected chi connectivity index (χ3v) is 3.99. The number of piperidine rings is 1. The SMILES string of the molecule is N#Cc1ccc(OCc2ccc(C(=O)N3CCC(O)CC3)o2)cc1. The largest absolute Gasteiger partial charge is 0.486 e. The van der Waals surface area contributed by atoms with E-state index in [1.807, 2.05) is 6.07 Å². The van der Waals surface area contributed by atoms with Crippen LogP contribution in [0.2, 0.25) is 0 Å². The fourth-order valence-electron chi connectivity index (χ4n) is 2.58. The number of ether oxygens (including phenoxy) is 1. The molecule has 1 aliphatic heterocycles. The molecular weight excluding hydrogens is 308 g/mol. The quantitative estimate of drug-likeness (QED) is 0.932. The van der Waals surface area contributed by atoms with Crippen LogP contribution in [0, 0.1) is 11.3 Å². The number of likely N-dealkylation sites (tertiary alicyclic amines) is 1. The second kappa shape index (κ2) is 7.20. The smallest absolute Gasteiger partial charge is 0.289 e. The fraction of sp³-hybridized carbons (Fsp3) is 0.333. The van der Waals surface area contributed by atoms with Gasteiger partial charge in [-0.3, -0.25) is 4.79 Å². The van der Waals surface area contributed by atoms with Crippen molar-refractivity contribution < 1.29 is 19.1 Å². The molecule has 0 aliphatic carbocycles. The van der Waals surface area contributed by atoms with E-state index in [4.69, 9.17) is 14.4 Å². The van der Waals surface area contributed by atoms with Crippen molar-refractivity contribution in [3.63, 3.8) is 0 Å². The number of nitrogens with zero attached hydrogens (tertiary/aromatic N) is 2. The number of aliphatic hydroxyl groups excluding tert-OH is 1. The molecule has 1 N–H and O–H groups in total. The number of carbonyl (C=O) groups excluding carboxylic acids is 1. The Balaban J connectivity index is 1.57. The molecule has 124 valence electrons. The number of amides is 1. The van der Waals surface area contributed by atoms with Gasteiger partial charge in [-0.05, 0) is 49.2 Å². The first-order chi connectivity index (χ1) is 11.7. The van der Waals surface area contributed by atoms with E-state index in [9.17, 15) is 9.90 Å². The van der Waals surface area contributed by atoms with Gasteiger partial charge in [0.05, 0.1) is 17.7 Å². The summed E-state index contributed by atoms with van der Waals surface area (Å²) in [7, 11) is 0. The van der Waals surface area contributed by atoms with Crippen molar-refractivity contribution in [1.82, 2.24) is 4.90 Å². The summed E-state index contributed by atoms with van der Waals surface area (Å²) in [4.78, 5) is 14.0. The van der Waals surface area contributed by atoms with Gasteiger partial charge in [0.2, 0.25) is 0 Å². The molecule has 1 amide bonds. The molecule has 6 nitrogen and oxygen atoms in total. The van der Waals surface area contributed by atoms with Crippen LogP contribution >= 0.6 is 0 Å². The average molecular weight is 326 g/mol. The van der Waals surface area contributed by atoms with E-state index < -0.39 is 0 Å². The molecule has 24 heavy (non-hydrogen) atoms. The first-order valence-electron chi connectivity index (χ1n) is 7.85. The molecule has 6 heteroatoms. The van der Waals surface area contributed by atoms with Gasteiger partial charge in [-0.1, -0.05) is 0 Å². The van der Waals surface area contributed by atoms with E-state index in [0.29, 0.717) is 43.0 Å². The van der Waals surface area contributed by atoms with E-state index in [0.717, 1.165) is 0 Å². The zero-order chi connectivity index (χ0) is 16.9. The van der Waals surface area contributed by atoms with Gasteiger partial charge in [-0.25, -0.2) is 0 Å². The highest BCUT2D eigenvalue weighted by molar-refractivity contribution is 5.91. The number of rotatable bonds is 4. The Hall–Kier alpha value is -2.78. The van der Waals surface area contributed by atoms with E-state index in [-0.39, 0.29) is 24.4 Å². The van der Waals surface area contributed by atoms with Crippen LogP contribution in [-0.4, -0.2) is 35.1 Å². The number of aliphatic hydroxyl groups is 1. The Morgan fingerprint density at radius 3 is 2.62 bits per heavy atom. The Morgan fingerprint density at radius 1 is 1.25 bits per heavy atom. The molecule has 3 rings (SSSR count). The minimum Gasteiger partial charge on any atom is -0.486 e. The molecule has 0 radical (unpaired) electrons. The van der Waals surface area contributed by atoms with Crippen LogP contribution in [0.1, 0.15) is 34.7 Å². The van der Waals surface area contributed by atoms with Gasteiger partial charge in [-0.2, -0.15) is 5.26 Å². The van der Waals surface area contributed by atoms with Gasteiger partial charge in [0.1, 0.15) is 18.1 Å². The summed E-state index contributed by atoms with van der Waals surface area (Å²) < 4.78 is 11.1. The lowest BCUT2D eigenvalue weighted by molar-refractivity contribution is 0.0517. The van der Waals surface area contributed by atoms with Crippen LogP contribution in [-0.2, 0) is 6.61 Å². The summed E-state index contributed by atoms with van der Waals surface area (Å²) in [6, 6.07) is 12.2. The molecule has 1 saturated heterocycles. The number of hydrogen-bond donors (Lipinski definition) is 1. The topological polar surface area (TPSA) is 86.7 Å². The van der Waals surface area contributed by atoms with E-state index in [1.165, 1.54) is 0 Å². The second-order valence-electron chi connectivity index (χ2n) is 5.71. The second-order valence-corrected chi connectivity index (χ2v) is 5.71. The maximum Gasteiger partial charge on any atom is 0.289 e. The van der Waals surface area contributed by atoms with Crippen molar-refractivity contribution in [1.29, 1.82) is 5.26 Å². The van der Waals surface area contributed by atoms with Gasteiger partial charge < -0.3 is 19.2 Å². The lowest BCUT2D eigenvalue weighted by Crippen LogP contribution is -2.39. The summed E-state index contributed by atoms with van der Waals surface area (Å²) in [6.45, 7) is 1.29. The molecule has 2 aromatic rings. The average Bonchev–Trinajstić information content (AvgIpc) is 3.09. The molecule has 0 bridgehead atoms. The highest BCUT2D eigenvalue weighted by Crippen LogP contribution is 2.18. The van der Waals surface area contributed by atoms with Crippen molar-refractivity contribution in [2.75, 3.05) is 13.1 Å². The van der Waals surface area contributed by atoms with Crippen LogP contribution in [0.4, 0.5) is 0 Å². The van der Waals surface area contributed by atoms with Crippen molar-refractivity contribution in [2.45, 2.75) is 25.6 Å². The third-order valence-electron chi connectivity index (χ3n) is 3.99. The summed E-state index contributed by atoms with van der Waals surface area (Å²) in [5, 5.41) is 18.3. The maximum atomic E-state index is 12.3. The van der Waals surface area contributed by atoms with Crippen molar-refractivity contribution in [3.05, 3.63) is 53.5 Å². The first kappa shape index (κ1) is 16.1. The van der Waals surface area contributed by atoms with Crippen molar-refractivity contribution in [3.8, 4) is 11.8 Å².